The molecule has 0 saturated heterocycles. The largest absolute Gasteiger partial charge is 0.481 e. The predicted octanol–water partition coefficient (Wildman–Crippen LogP) is 2.51. The van der Waals surface area contributed by atoms with E-state index >= 15 is 0 Å². The van der Waals surface area contributed by atoms with Crippen molar-refractivity contribution in [1.82, 2.24) is 5.32 Å². The van der Waals surface area contributed by atoms with Crippen LogP contribution < -0.4 is 5.32 Å². The highest BCUT2D eigenvalue weighted by atomic mass is 19.1. The Morgan fingerprint density at radius 2 is 1.85 bits per heavy atom. The summed E-state index contributed by atoms with van der Waals surface area (Å²) in [5.74, 6) is -1.80. The van der Waals surface area contributed by atoms with Gasteiger partial charge >= 0.3 is 5.97 Å². The van der Waals surface area contributed by atoms with Gasteiger partial charge in [0.15, 0.2) is 0 Å². The number of aliphatic carboxylic acids is 1. The van der Waals surface area contributed by atoms with Crippen LogP contribution in [-0.4, -0.2) is 23.0 Å². The molecule has 1 aliphatic rings. The lowest BCUT2D eigenvalue weighted by Gasteiger charge is -2.26. The molecule has 1 aromatic rings. The highest BCUT2D eigenvalue weighted by Gasteiger charge is 2.26. The maximum absolute atomic E-state index is 13.3. The van der Waals surface area contributed by atoms with E-state index in [9.17, 15) is 14.0 Å². The molecule has 1 saturated carbocycles. The molecule has 1 aromatic carbocycles. The predicted molar refractivity (Wildman–Crippen MR) is 72.0 cm³/mol. The Bertz CT molecular complexity index is 502. The standard InChI is InChI=1S/C15H18FNO3/c1-9-6-11(8-12(16)7-9)14(18)17-13-4-2-10(3-5-13)15(19)20/h6-8,10,13H,2-5H2,1H3,(H,17,18)(H,19,20). The van der Waals surface area contributed by atoms with E-state index in [4.69, 9.17) is 5.11 Å². The van der Waals surface area contributed by atoms with Gasteiger partial charge in [0, 0.05) is 11.6 Å². The first-order valence-corrected chi connectivity index (χ1v) is 6.76. The smallest absolute Gasteiger partial charge is 0.306 e. The maximum atomic E-state index is 13.3. The van der Waals surface area contributed by atoms with Crippen LogP contribution in [0.4, 0.5) is 4.39 Å². The minimum atomic E-state index is -0.768. The summed E-state index contributed by atoms with van der Waals surface area (Å²) in [5.41, 5.74) is 1.01. The lowest BCUT2D eigenvalue weighted by atomic mass is 9.86. The van der Waals surface area contributed by atoms with Crippen LogP contribution in [0.25, 0.3) is 0 Å². The molecule has 20 heavy (non-hydrogen) atoms. The van der Waals surface area contributed by atoms with E-state index in [0.717, 1.165) is 0 Å². The summed E-state index contributed by atoms with van der Waals surface area (Å²) in [7, 11) is 0. The van der Waals surface area contributed by atoms with E-state index in [2.05, 4.69) is 5.32 Å². The number of aryl methyl sites for hydroxylation is 1. The van der Waals surface area contributed by atoms with Gasteiger partial charge in [0.05, 0.1) is 5.92 Å². The zero-order valence-corrected chi connectivity index (χ0v) is 11.4. The first kappa shape index (κ1) is 14.5. The van der Waals surface area contributed by atoms with Gasteiger partial charge in [-0.15, -0.1) is 0 Å². The van der Waals surface area contributed by atoms with E-state index < -0.39 is 11.8 Å². The van der Waals surface area contributed by atoms with Crippen molar-refractivity contribution >= 4 is 11.9 Å². The third-order valence-corrected chi connectivity index (χ3v) is 3.72. The number of carboxylic acid groups (broad SMARTS) is 1. The molecule has 0 aliphatic heterocycles. The molecule has 1 fully saturated rings. The van der Waals surface area contributed by atoms with Crippen LogP contribution in [0.3, 0.4) is 0 Å². The zero-order valence-electron chi connectivity index (χ0n) is 11.4. The number of halogens is 1. The molecule has 0 heterocycles. The molecular formula is C15H18FNO3. The van der Waals surface area contributed by atoms with Gasteiger partial charge in [-0.3, -0.25) is 9.59 Å². The summed E-state index contributed by atoms with van der Waals surface area (Å²) < 4.78 is 13.3. The molecule has 0 atom stereocenters. The Balaban J connectivity index is 1.94. The summed E-state index contributed by atoms with van der Waals surface area (Å²) in [4.78, 5) is 22.9. The number of rotatable bonds is 3. The number of hydrogen-bond donors (Lipinski definition) is 2. The van der Waals surface area contributed by atoms with Crippen LogP contribution in [0.5, 0.6) is 0 Å². The number of nitrogens with one attached hydrogen (secondary N) is 1. The molecule has 4 nitrogen and oxygen atoms in total. The minimum Gasteiger partial charge on any atom is -0.481 e. The van der Waals surface area contributed by atoms with Gasteiger partial charge in [-0.05, 0) is 56.4 Å². The third-order valence-electron chi connectivity index (χ3n) is 3.72. The summed E-state index contributed by atoms with van der Waals surface area (Å²) in [6, 6.07) is 4.20. The van der Waals surface area contributed by atoms with E-state index in [1.54, 1.807) is 13.0 Å². The molecule has 0 radical (unpaired) electrons. The molecule has 5 heteroatoms. The van der Waals surface area contributed by atoms with E-state index in [1.165, 1.54) is 12.1 Å². The number of benzene rings is 1. The molecule has 0 bridgehead atoms. The molecule has 2 N–H and O–H groups in total. The molecule has 0 unspecified atom stereocenters. The van der Waals surface area contributed by atoms with Gasteiger partial charge in [0.1, 0.15) is 5.82 Å². The number of amides is 1. The Morgan fingerprint density at radius 1 is 1.20 bits per heavy atom. The Morgan fingerprint density at radius 3 is 2.40 bits per heavy atom. The average molecular weight is 279 g/mol. The van der Waals surface area contributed by atoms with Crippen molar-refractivity contribution in [3.8, 4) is 0 Å². The van der Waals surface area contributed by atoms with E-state index in [0.29, 0.717) is 36.8 Å². The second-order valence-electron chi connectivity index (χ2n) is 5.38. The van der Waals surface area contributed by atoms with Crippen molar-refractivity contribution in [2.24, 2.45) is 5.92 Å². The van der Waals surface area contributed by atoms with Gasteiger partial charge in [0.25, 0.3) is 5.91 Å². The van der Waals surface area contributed by atoms with Crippen molar-refractivity contribution in [3.05, 3.63) is 35.1 Å². The quantitative estimate of drug-likeness (QED) is 0.893. The van der Waals surface area contributed by atoms with Crippen LogP contribution in [-0.2, 0) is 4.79 Å². The first-order chi connectivity index (χ1) is 9.45. The molecule has 2 rings (SSSR count). The normalized spacial score (nSPS) is 22.3. The Hall–Kier alpha value is -1.91. The van der Waals surface area contributed by atoms with Crippen molar-refractivity contribution in [1.29, 1.82) is 0 Å². The Labute approximate surface area is 117 Å². The number of carbonyl (C=O) groups is 2. The second kappa shape index (κ2) is 6.03. The van der Waals surface area contributed by atoms with Crippen LogP contribution in [0, 0.1) is 18.7 Å². The lowest BCUT2D eigenvalue weighted by Crippen LogP contribution is -2.38. The lowest BCUT2D eigenvalue weighted by molar-refractivity contribution is -0.142. The van der Waals surface area contributed by atoms with E-state index in [-0.39, 0.29) is 17.9 Å². The van der Waals surface area contributed by atoms with Crippen molar-refractivity contribution in [2.75, 3.05) is 0 Å². The third kappa shape index (κ3) is 3.56. The van der Waals surface area contributed by atoms with Crippen LogP contribution in [0.1, 0.15) is 41.6 Å². The summed E-state index contributed by atoms with van der Waals surface area (Å²) >= 11 is 0. The van der Waals surface area contributed by atoms with Gasteiger partial charge in [0.2, 0.25) is 0 Å². The van der Waals surface area contributed by atoms with Gasteiger partial charge in [-0.25, -0.2) is 4.39 Å². The highest BCUT2D eigenvalue weighted by Crippen LogP contribution is 2.24. The van der Waals surface area contributed by atoms with Gasteiger partial charge in [-0.1, -0.05) is 0 Å². The fraction of sp³-hybridized carbons (Fsp3) is 0.467. The maximum Gasteiger partial charge on any atom is 0.306 e. The summed E-state index contributed by atoms with van der Waals surface area (Å²) in [5, 5.41) is 11.8. The van der Waals surface area contributed by atoms with Crippen LogP contribution >= 0.6 is 0 Å². The number of carbonyl (C=O) groups excluding carboxylic acids is 1. The fourth-order valence-corrected chi connectivity index (χ4v) is 2.62. The van der Waals surface area contributed by atoms with Crippen LogP contribution in [0.15, 0.2) is 18.2 Å². The monoisotopic (exact) mass is 279 g/mol. The van der Waals surface area contributed by atoms with Gasteiger partial charge < -0.3 is 10.4 Å². The number of hydrogen-bond acceptors (Lipinski definition) is 2. The summed E-state index contributed by atoms with van der Waals surface area (Å²) in [6.45, 7) is 1.73. The molecule has 1 amide bonds. The minimum absolute atomic E-state index is 0.0262. The SMILES string of the molecule is Cc1cc(F)cc(C(=O)NC2CCC(C(=O)O)CC2)c1. The molecule has 0 aromatic heterocycles. The molecule has 108 valence electrons. The first-order valence-electron chi connectivity index (χ1n) is 6.76. The average Bonchev–Trinajstić information content (AvgIpc) is 2.38. The number of carboxylic acids is 1. The Kier molecular flexibility index (Phi) is 4.37. The van der Waals surface area contributed by atoms with Crippen molar-refractivity contribution in [3.63, 3.8) is 0 Å². The second-order valence-corrected chi connectivity index (χ2v) is 5.38. The fourth-order valence-electron chi connectivity index (χ4n) is 2.62. The van der Waals surface area contributed by atoms with Gasteiger partial charge in [-0.2, -0.15) is 0 Å². The van der Waals surface area contributed by atoms with Crippen LogP contribution in [0.2, 0.25) is 0 Å². The zero-order chi connectivity index (χ0) is 14.7. The topological polar surface area (TPSA) is 66.4 Å². The van der Waals surface area contributed by atoms with E-state index in [1.807, 2.05) is 0 Å². The van der Waals surface area contributed by atoms with Crippen molar-refractivity contribution < 1.29 is 19.1 Å². The molecular weight excluding hydrogens is 261 g/mol. The molecule has 0 spiro atoms. The molecule has 1 aliphatic carbocycles. The van der Waals surface area contributed by atoms with Crippen molar-refractivity contribution in [2.45, 2.75) is 38.6 Å². The highest BCUT2D eigenvalue weighted by molar-refractivity contribution is 5.94. The summed E-state index contributed by atoms with van der Waals surface area (Å²) in [6.07, 6.45) is 2.44.